The van der Waals surface area contributed by atoms with E-state index in [0.29, 0.717) is 6.61 Å². The van der Waals surface area contributed by atoms with E-state index in [9.17, 15) is 0 Å². The van der Waals surface area contributed by atoms with Gasteiger partial charge in [0.25, 0.3) is 0 Å². The first kappa shape index (κ1) is 11.5. The van der Waals surface area contributed by atoms with Crippen LogP contribution in [0.4, 0.5) is 5.82 Å². The number of nitrogens with zero attached hydrogens (tertiary/aromatic N) is 1. The number of ether oxygens (including phenoxy) is 1. The molecule has 0 aromatic carbocycles. The number of rotatable bonds is 5. The van der Waals surface area contributed by atoms with Crippen molar-refractivity contribution in [2.75, 3.05) is 25.1 Å². The van der Waals surface area contributed by atoms with Gasteiger partial charge in [-0.3, -0.25) is 0 Å². The molecule has 0 spiro atoms. The molecular formula is C10H15BrN2O. The molecule has 1 rings (SSSR count). The number of halogens is 1. The lowest BCUT2D eigenvalue weighted by Gasteiger charge is -2.06. The fourth-order valence-corrected chi connectivity index (χ4v) is 1.25. The Hall–Kier alpha value is -0.610. The summed E-state index contributed by atoms with van der Waals surface area (Å²) in [5.74, 6) is 0.894. The average Bonchev–Trinajstić information content (AvgIpc) is 2.18. The van der Waals surface area contributed by atoms with Gasteiger partial charge < -0.3 is 10.1 Å². The second kappa shape index (κ2) is 5.98. The van der Waals surface area contributed by atoms with Crippen molar-refractivity contribution in [2.45, 2.75) is 13.8 Å². The molecule has 0 saturated carbocycles. The highest BCUT2D eigenvalue weighted by molar-refractivity contribution is 9.10. The van der Waals surface area contributed by atoms with E-state index in [1.165, 1.54) is 5.56 Å². The maximum absolute atomic E-state index is 5.21. The minimum absolute atomic E-state index is 0.716. The lowest BCUT2D eigenvalue weighted by Crippen LogP contribution is -2.10. The SMILES string of the molecule is CCOCCNc1cc(C)c(Br)cn1. The van der Waals surface area contributed by atoms with Crippen LogP contribution < -0.4 is 5.32 Å². The van der Waals surface area contributed by atoms with Crippen molar-refractivity contribution < 1.29 is 4.74 Å². The van der Waals surface area contributed by atoms with Crippen molar-refractivity contribution in [1.29, 1.82) is 0 Å². The van der Waals surface area contributed by atoms with Crippen LogP contribution in [0.15, 0.2) is 16.7 Å². The Bertz CT molecular complexity index is 291. The van der Waals surface area contributed by atoms with Gasteiger partial charge >= 0.3 is 0 Å². The molecule has 0 saturated heterocycles. The molecule has 0 radical (unpaired) electrons. The third kappa shape index (κ3) is 3.64. The van der Waals surface area contributed by atoms with Crippen LogP contribution >= 0.6 is 15.9 Å². The summed E-state index contributed by atoms with van der Waals surface area (Å²) >= 11 is 3.41. The van der Waals surface area contributed by atoms with E-state index < -0.39 is 0 Å². The Morgan fingerprint density at radius 1 is 1.57 bits per heavy atom. The Kier molecular flexibility index (Phi) is 4.90. The highest BCUT2D eigenvalue weighted by atomic mass is 79.9. The van der Waals surface area contributed by atoms with Gasteiger partial charge in [0.05, 0.1) is 6.61 Å². The summed E-state index contributed by atoms with van der Waals surface area (Å²) in [5.41, 5.74) is 1.18. The van der Waals surface area contributed by atoms with E-state index in [1.54, 1.807) is 6.20 Å². The molecule has 4 heteroatoms. The molecule has 0 atom stereocenters. The number of anilines is 1. The summed E-state index contributed by atoms with van der Waals surface area (Å²) < 4.78 is 6.24. The van der Waals surface area contributed by atoms with Gasteiger partial charge in [-0.15, -0.1) is 0 Å². The molecule has 0 fully saturated rings. The maximum atomic E-state index is 5.21. The topological polar surface area (TPSA) is 34.1 Å². The summed E-state index contributed by atoms with van der Waals surface area (Å²) in [6.45, 7) is 6.30. The lowest BCUT2D eigenvalue weighted by atomic mass is 10.3. The van der Waals surface area contributed by atoms with Crippen LogP contribution in [0.2, 0.25) is 0 Å². The van der Waals surface area contributed by atoms with Crippen LogP contribution in [0, 0.1) is 6.92 Å². The summed E-state index contributed by atoms with van der Waals surface area (Å²) in [7, 11) is 0. The second-order valence-electron chi connectivity index (χ2n) is 2.94. The van der Waals surface area contributed by atoms with Gasteiger partial charge in [0.15, 0.2) is 0 Å². The standard InChI is InChI=1S/C10H15BrN2O/c1-3-14-5-4-12-10-6-8(2)9(11)7-13-10/h6-7H,3-5H2,1-2H3,(H,12,13). The number of nitrogens with one attached hydrogen (secondary N) is 1. The summed E-state index contributed by atoms with van der Waals surface area (Å²) in [4.78, 5) is 4.22. The minimum Gasteiger partial charge on any atom is -0.380 e. The average molecular weight is 259 g/mol. The second-order valence-corrected chi connectivity index (χ2v) is 3.80. The molecule has 0 unspecified atom stereocenters. The number of aromatic nitrogens is 1. The summed E-state index contributed by atoms with van der Waals surface area (Å²) in [6.07, 6.45) is 1.80. The molecule has 0 aliphatic carbocycles. The molecule has 0 aliphatic heterocycles. The largest absolute Gasteiger partial charge is 0.380 e. The molecule has 0 bridgehead atoms. The number of aryl methyl sites for hydroxylation is 1. The molecule has 1 aromatic heterocycles. The third-order valence-corrected chi connectivity index (χ3v) is 2.63. The van der Waals surface area contributed by atoms with Gasteiger partial charge in [-0.2, -0.15) is 0 Å². The molecule has 14 heavy (non-hydrogen) atoms. The van der Waals surface area contributed by atoms with Gasteiger partial charge in [-0.25, -0.2) is 4.98 Å². The minimum atomic E-state index is 0.716. The summed E-state index contributed by atoms with van der Waals surface area (Å²) in [6, 6.07) is 2.01. The highest BCUT2D eigenvalue weighted by Gasteiger charge is 1.97. The van der Waals surface area contributed by atoms with Crippen molar-refractivity contribution in [1.82, 2.24) is 4.98 Å². The van der Waals surface area contributed by atoms with E-state index in [2.05, 4.69) is 26.2 Å². The number of pyridine rings is 1. The normalized spacial score (nSPS) is 10.2. The first-order valence-electron chi connectivity index (χ1n) is 4.67. The molecule has 1 N–H and O–H groups in total. The highest BCUT2D eigenvalue weighted by Crippen LogP contribution is 2.16. The zero-order chi connectivity index (χ0) is 10.4. The fourth-order valence-electron chi connectivity index (χ4n) is 1.03. The number of hydrogen-bond acceptors (Lipinski definition) is 3. The van der Waals surface area contributed by atoms with Gasteiger partial charge in [0.1, 0.15) is 5.82 Å². The van der Waals surface area contributed by atoms with Gasteiger partial charge in [-0.05, 0) is 41.4 Å². The first-order chi connectivity index (χ1) is 6.74. The molecule has 3 nitrogen and oxygen atoms in total. The molecule has 78 valence electrons. The van der Waals surface area contributed by atoms with Crippen LogP contribution in [0.5, 0.6) is 0 Å². The molecule has 0 aliphatic rings. The predicted octanol–water partition coefficient (Wildman–Crippen LogP) is 2.60. The number of hydrogen-bond donors (Lipinski definition) is 1. The van der Waals surface area contributed by atoms with Crippen LogP contribution in [0.1, 0.15) is 12.5 Å². The third-order valence-electron chi connectivity index (χ3n) is 1.80. The fraction of sp³-hybridized carbons (Fsp3) is 0.500. The predicted molar refractivity (Wildman–Crippen MR) is 61.7 cm³/mol. The Labute approximate surface area is 93.0 Å². The quantitative estimate of drug-likeness (QED) is 0.825. The van der Waals surface area contributed by atoms with E-state index in [0.717, 1.165) is 23.4 Å². The van der Waals surface area contributed by atoms with E-state index >= 15 is 0 Å². The van der Waals surface area contributed by atoms with Crippen LogP contribution in [0.25, 0.3) is 0 Å². The zero-order valence-electron chi connectivity index (χ0n) is 8.51. The van der Waals surface area contributed by atoms with Crippen molar-refractivity contribution >= 4 is 21.7 Å². The van der Waals surface area contributed by atoms with E-state index in [4.69, 9.17) is 4.74 Å². The van der Waals surface area contributed by atoms with Crippen LogP contribution in [-0.4, -0.2) is 24.7 Å². The van der Waals surface area contributed by atoms with Crippen molar-refractivity contribution in [2.24, 2.45) is 0 Å². The maximum Gasteiger partial charge on any atom is 0.126 e. The molecule has 0 amide bonds. The zero-order valence-corrected chi connectivity index (χ0v) is 10.1. The Balaban J connectivity index is 2.39. The lowest BCUT2D eigenvalue weighted by molar-refractivity contribution is 0.158. The van der Waals surface area contributed by atoms with Gasteiger partial charge in [0.2, 0.25) is 0 Å². The van der Waals surface area contributed by atoms with Crippen LogP contribution in [-0.2, 0) is 4.74 Å². The molecule has 1 heterocycles. The van der Waals surface area contributed by atoms with Gasteiger partial charge in [-0.1, -0.05) is 0 Å². The van der Waals surface area contributed by atoms with E-state index in [1.807, 2.05) is 19.9 Å². The smallest absolute Gasteiger partial charge is 0.126 e. The molecular weight excluding hydrogens is 244 g/mol. The van der Waals surface area contributed by atoms with Crippen molar-refractivity contribution in [3.63, 3.8) is 0 Å². The summed E-state index contributed by atoms with van der Waals surface area (Å²) in [5, 5.41) is 3.19. The van der Waals surface area contributed by atoms with Crippen molar-refractivity contribution in [3.8, 4) is 0 Å². The monoisotopic (exact) mass is 258 g/mol. The van der Waals surface area contributed by atoms with E-state index in [-0.39, 0.29) is 0 Å². The Morgan fingerprint density at radius 2 is 2.36 bits per heavy atom. The van der Waals surface area contributed by atoms with Gasteiger partial charge in [0, 0.05) is 23.8 Å². The van der Waals surface area contributed by atoms with Crippen LogP contribution in [0.3, 0.4) is 0 Å². The first-order valence-corrected chi connectivity index (χ1v) is 5.47. The van der Waals surface area contributed by atoms with Crippen molar-refractivity contribution in [3.05, 3.63) is 22.3 Å². The molecule has 1 aromatic rings. The Morgan fingerprint density at radius 3 is 3.00 bits per heavy atom.